The predicted octanol–water partition coefficient (Wildman–Crippen LogP) is 3.99. The van der Waals surface area contributed by atoms with Gasteiger partial charge in [0, 0.05) is 19.3 Å². The van der Waals surface area contributed by atoms with Crippen LogP contribution in [-0.4, -0.2) is 17.2 Å². The molecule has 0 aromatic carbocycles. The molecule has 4 nitrogen and oxygen atoms in total. The van der Waals surface area contributed by atoms with Crippen molar-refractivity contribution < 1.29 is 19.1 Å². The van der Waals surface area contributed by atoms with E-state index in [2.05, 4.69) is 4.74 Å². The summed E-state index contributed by atoms with van der Waals surface area (Å²) in [5.74, 6) is -0.129. The standard InChI is InChI=1S/C9H15ClO.C6H10O3/c10-9(11)7-6-8-4-2-1-3-5-8;1-3-5(7)9-6(8)4-2/h8H,1-7H2;3-4H2,1-2H3. The van der Waals surface area contributed by atoms with E-state index in [1.807, 2.05) is 0 Å². The second-order valence-corrected chi connectivity index (χ2v) is 5.37. The lowest BCUT2D eigenvalue weighted by molar-refractivity contribution is -0.159. The van der Waals surface area contributed by atoms with Crippen LogP contribution in [-0.2, 0) is 19.1 Å². The molecule has 0 heterocycles. The molecule has 20 heavy (non-hydrogen) atoms. The van der Waals surface area contributed by atoms with Crippen LogP contribution in [0.25, 0.3) is 0 Å². The van der Waals surface area contributed by atoms with Crippen LogP contribution in [0.2, 0.25) is 0 Å². The molecule has 0 spiro atoms. The molecule has 0 saturated heterocycles. The lowest BCUT2D eigenvalue weighted by Gasteiger charge is -2.20. The van der Waals surface area contributed by atoms with Gasteiger partial charge in [0.05, 0.1) is 0 Å². The average molecular weight is 305 g/mol. The van der Waals surface area contributed by atoms with Crippen LogP contribution in [0.15, 0.2) is 0 Å². The van der Waals surface area contributed by atoms with Gasteiger partial charge in [0.2, 0.25) is 5.24 Å². The van der Waals surface area contributed by atoms with Gasteiger partial charge in [-0.2, -0.15) is 0 Å². The first-order chi connectivity index (χ1) is 9.49. The summed E-state index contributed by atoms with van der Waals surface area (Å²) in [5.41, 5.74) is 0. The Morgan fingerprint density at radius 2 is 1.50 bits per heavy atom. The maximum Gasteiger partial charge on any atom is 0.313 e. The van der Waals surface area contributed by atoms with E-state index in [1.165, 1.54) is 32.1 Å². The van der Waals surface area contributed by atoms with Gasteiger partial charge in [0.1, 0.15) is 0 Å². The minimum absolute atomic E-state index is 0.171. The summed E-state index contributed by atoms with van der Waals surface area (Å²) < 4.78 is 4.27. The van der Waals surface area contributed by atoms with Gasteiger partial charge in [0.25, 0.3) is 0 Å². The molecule has 1 fully saturated rings. The van der Waals surface area contributed by atoms with Gasteiger partial charge in [-0.1, -0.05) is 46.0 Å². The number of hydrogen-bond acceptors (Lipinski definition) is 4. The van der Waals surface area contributed by atoms with Crippen LogP contribution in [0.3, 0.4) is 0 Å². The normalized spacial score (nSPS) is 14.9. The highest BCUT2D eigenvalue weighted by molar-refractivity contribution is 6.63. The molecule has 116 valence electrons. The Balaban J connectivity index is 0.000000370. The van der Waals surface area contributed by atoms with Gasteiger partial charge in [0.15, 0.2) is 0 Å². The predicted molar refractivity (Wildman–Crippen MR) is 78.4 cm³/mol. The minimum atomic E-state index is -0.457. The van der Waals surface area contributed by atoms with Gasteiger partial charge < -0.3 is 4.74 Å². The van der Waals surface area contributed by atoms with Crippen molar-refractivity contribution >= 4 is 28.8 Å². The van der Waals surface area contributed by atoms with E-state index in [0.717, 1.165) is 12.3 Å². The van der Waals surface area contributed by atoms with Crippen LogP contribution in [0, 0.1) is 5.92 Å². The fourth-order valence-corrected chi connectivity index (χ4v) is 2.17. The van der Waals surface area contributed by atoms with E-state index in [4.69, 9.17) is 11.6 Å². The lowest BCUT2D eigenvalue weighted by Crippen LogP contribution is -2.09. The lowest BCUT2D eigenvalue weighted by atomic mass is 9.86. The SMILES string of the molecule is CCC(=O)OC(=O)CC.O=C(Cl)CCC1CCCCC1. The summed E-state index contributed by atoms with van der Waals surface area (Å²) in [5, 5.41) is -0.171. The summed E-state index contributed by atoms with van der Waals surface area (Å²) >= 11 is 5.26. The Bertz CT molecular complexity index is 295. The zero-order valence-corrected chi connectivity index (χ0v) is 13.2. The molecule has 0 amide bonds. The van der Waals surface area contributed by atoms with E-state index in [9.17, 15) is 14.4 Å². The van der Waals surface area contributed by atoms with Crippen molar-refractivity contribution in [2.24, 2.45) is 5.92 Å². The van der Waals surface area contributed by atoms with Crippen LogP contribution >= 0.6 is 11.6 Å². The monoisotopic (exact) mass is 304 g/mol. The van der Waals surface area contributed by atoms with Crippen LogP contribution in [0.1, 0.15) is 71.6 Å². The summed E-state index contributed by atoms with van der Waals surface area (Å²) in [6.07, 6.45) is 8.80. The fraction of sp³-hybridized carbons (Fsp3) is 0.800. The fourth-order valence-electron chi connectivity index (χ4n) is 2.06. The van der Waals surface area contributed by atoms with Gasteiger partial charge >= 0.3 is 11.9 Å². The molecule has 0 N–H and O–H groups in total. The summed E-state index contributed by atoms with van der Waals surface area (Å²) in [6.45, 7) is 3.29. The molecule has 1 aliphatic carbocycles. The van der Waals surface area contributed by atoms with E-state index >= 15 is 0 Å². The number of carbonyl (C=O) groups excluding carboxylic acids is 3. The summed E-state index contributed by atoms with van der Waals surface area (Å²) in [6, 6.07) is 0. The maximum atomic E-state index is 10.5. The summed E-state index contributed by atoms with van der Waals surface area (Å²) in [4.78, 5) is 31.1. The molecule has 1 rings (SSSR count). The number of ether oxygens (including phenoxy) is 1. The minimum Gasteiger partial charge on any atom is -0.393 e. The number of carbonyl (C=O) groups is 3. The second-order valence-electron chi connectivity index (χ2n) is 4.95. The molecule has 5 heteroatoms. The first-order valence-corrected chi connectivity index (χ1v) is 7.79. The van der Waals surface area contributed by atoms with Crippen molar-refractivity contribution in [2.75, 3.05) is 0 Å². The Morgan fingerprint density at radius 3 is 1.90 bits per heavy atom. The summed E-state index contributed by atoms with van der Waals surface area (Å²) in [7, 11) is 0. The van der Waals surface area contributed by atoms with E-state index in [1.54, 1.807) is 13.8 Å². The van der Waals surface area contributed by atoms with Gasteiger partial charge in [-0.05, 0) is 23.9 Å². The first kappa shape index (κ1) is 19.1. The molecular formula is C15H25ClO4. The Kier molecular flexibility index (Phi) is 11.4. The number of halogens is 1. The Morgan fingerprint density at radius 1 is 1.00 bits per heavy atom. The van der Waals surface area contributed by atoms with E-state index in [0.29, 0.717) is 6.42 Å². The highest BCUT2D eigenvalue weighted by atomic mass is 35.5. The van der Waals surface area contributed by atoms with Crippen molar-refractivity contribution in [3.8, 4) is 0 Å². The molecule has 0 bridgehead atoms. The number of rotatable bonds is 5. The Labute approximate surface area is 126 Å². The van der Waals surface area contributed by atoms with Crippen LogP contribution in [0.5, 0.6) is 0 Å². The topological polar surface area (TPSA) is 60.4 Å². The molecular weight excluding hydrogens is 280 g/mol. The first-order valence-electron chi connectivity index (χ1n) is 7.41. The number of hydrogen-bond donors (Lipinski definition) is 0. The van der Waals surface area contributed by atoms with Crippen molar-refractivity contribution in [1.29, 1.82) is 0 Å². The third-order valence-corrected chi connectivity index (χ3v) is 3.47. The zero-order valence-electron chi connectivity index (χ0n) is 12.5. The molecule has 0 radical (unpaired) electrons. The van der Waals surface area contributed by atoms with E-state index < -0.39 is 11.9 Å². The highest BCUT2D eigenvalue weighted by Crippen LogP contribution is 2.27. The highest BCUT2D eigenvalue weighted by Gasteiger charge is 2.13. The molecule has 0 aromatic rings. The third kappa shape index (κ3) is 11.0. The molecule has 0 aliphatic heterocycles. The van der Waals surface area contributed by atoms with E-state index in [-0.39, 0.29) is 18.1 Å². The largest absolute Gasteiger partial charge is 0.393 e. The maximum absolute atomic E-state index is 10.5. The van der Waals surface area contributed by atoms with Gasteiger partial charge in [-0.3, -0.25) is 14.4 Å². The quantitative estimate of drug-likeness (QED) is 0.438. The molecule has 1 saturated carbocycles. The molecule has 0 aromatic heterocycles. The van der Waals surface area contributed by atoms with Crippen molar-refractivity contribution in [2.45, 2.75) is 71.6 Å². The van der Waals surface area contributed by atoms with Crippen molar-refractivity contribution in [3.63, 3.8) is 0 Å². The van der Waals surface area contributed by atoms with Gasteiger partial charge in [-0.25, -0.2) is 0 Å². The molecule has 0 unspecified atom stereocenters. The molecule has 1 aliphatic rings. The molecule has 0 atom stereocenters. The smallest absolute Gasteiger partial charge is 0.313 e. The Hall–Kier alpha value is -0.900. The van der Waals surface area contributed by atoms with Crippen molar-refractivity contribution in [1.82, 2.24) is 0 Å². The van der Waals surface area contributed by atoms with Crippen molar-refractivity contribution in [3.05, 3.63) is 0 Å². The third-order valence-electron chi connectivity index (χ3n) is 3.28. The zero-order chi connectivity index (χ0) is 15.4. The van der Waals surface area contributed by atoms with Gasteiger partial charge in [-0.15, -0.1) is 0 Å². The van der Waals surface area contributed by atoms with Crippen LogP contribution in [0.4, 0.5) is 0 Å². The van der Waals surface area contributed by atoms with Crippen LogP contribution < -0.4 is 0 Å². The second kappa shape index (κ2) is 11.9. The number of esters is 2. The average Bonchev–Trinajstić information content (AvgIpc) is 2.46.